The number of nitro benzene ring substituents is 1. The summed E-state index contributed by atoms with van der Waals surface area (Å²) in [6, 6.07) is 14.9. The summed E-state index contributed by atoms with van der Waals surface area (Å²) in [5.74, 6) is 1.79. The highest BCUT2D eigenvalue weighted by Gasteiger charge is 2.18. The minimum absolute atomic E-state index is 0.0975. The van der Waals surface area contributed by atoms with Crippen LogP contribution in [-0.4, -0.2) is 10.9 Å². The summed E-state index contributed by atoms with van der Waals surface area (Å²) in [6.07, 6.45) is 0. The molecule has 2 aromatic carbocycles. The van der Waals surface area contributed by atoms with Gasteiger partial charge in [0.2, 0.25) is 0 Å². The molecule has 0 bridgehead atoms. The maximum atomic E-state index is 11.1. The molecule has 0 aromatic heterocycles. The van der Waals surface area contributed by atoms with Crippen molar-refractivity contribution in [3.05, 3.63) is 75.8 Å². The van der Waals surface area contributed by atoms with Crippen LogP contribution < -0.4 is 0 Å². The maximum Gasteiger partial charge on any atom is 0.277 e. The van der Waals surface area contributed by atoms with Gasteiger partial charge in [0.1, 0.15) is 5.94 Å². The lowest BCUT2D eigenvalue weighted by Gasteiger charge is -2.04. The first kappa shape index (κ1) is 11.8. The molecule has 0 atom stereocenters. The zero-order chi connectivity index (χ0) is 13.0. The maximum absolute atomic E-state index is 11.1. The molecule has 2 aromatic rings. The van der Waals surface area contributed by atoms with Crippen LogP contribution in [0.3, 0.4) is 0 Å². The van der Waals surface area contributed by atoms with Gasteiger partial charge in [-0.3, -0.25) is 10.1 Å². The molecule has 0 unspecified atom stereocenters. The second kappa shape index (κ2) is 5.08. The fourth-order valence-electron chi connectivity index (χ4n) is 1.72. The number of nitro groups is 1. The highest BCUT2D eigenvalue weighted by molar-refractivity contribution is 5.99. The first-order valence-electron chi connectivity index (χ1n) is 5.28. The summed E-state index contributed by atoms with van der Waals surface area (Å²) in [6.45, 7) is 0. The Bertz CT molecular complexity index is 628. The van der Waals surface area contributed by atoms with Crippen LogP contribution in [0, 0.1) is 10.1 Å². The average molecular weight is 239 g/mol. The quantitative estimate of drug-likeness (QED) is 0.470. The van der Waals surface area contributed by atoms with Crippen LogP contribution in [0.25, 0.3) is 5.57 Å². The summed E-state index contributed by atoms with van der Waals surface area (Å²) < 4.78 is 0. The summed E-state index contributed by atoms with van der Waals surface area (Å²) in [5.41, 5.74) is 0.994. The molecule has 0 fully saturated rings. The Balaban J connectivity index is 2.61. The Morgan fingerprint density at radius 3 is 2.22 bits per heavy atom. The third kappa shape index (κ3) is 2.19. The number of rotatable bonds is 3. The van der Waals surface area contributed by atoms with Crippen LogP contribution in [-0.2, 0) is 4.79 Å². The van der Waals surface area contributed by atoms with Crippen LogP contribution in [0.2, 0.25) is 0 Å². The van der Waals surface area contributed by atoms with E-state index in [1.165, 1.54) is 6.07 Å². The van der Waals surface area contributed by atoms with Crippen molar-refractivity contribution in [2.75, 3.05) is 0 Å². The van der Waals surface area contributed by atoms with Gasteiger partial charge in [-0.1, -0.05) is 42.5 Å². The van der Waals surface area contributed by atoms with Crippen LogP contribution in [0.1, 0.15) is 11.1 Å². The van der Waals surface area contributed by atoms with E-state index in [4.69, 9.17) is 0 Å². The van der Waals surface area contributed by atoms with Crippen molar-refractivity contribution in [2.45, 2.75) is 0 Å². The van der Waals surface area contributed by atoms with E-state index < -0.39 is 4.92 Å². The average Bonchev–Trinajstić information content (AvgIpc) is 2.41. The lowest BCUT2D eigenvalue weighted by Crippen LogP contribution is -1.96. The van der Waals surface area contributed by atoms with Gasteiger partial charge >= 0.3 is 0 Å². The fraction of sp³-hybridized carbons (Fsp3) is 0. The highest BCUT2D eigenvalue weighted by atomic mass is 16.6. The van der Waals surface area contributed by atoms with Gasteiger partial charge in [-0.05, 0) is 11.6 Å². The van der Waals surface area contributed by atoms with Gasteiger partial charge in [0.25, 0.3) is 5.69 Å². The zero-order valence-electron chi connectivity index (χ0n) is 9.37. The van der Waals surface area contributed by atoms with E-state index in [0.717, 1.165) is 0 Å². The lowest BCUT2D eigenvalue weighted by molar-refractivity contribution is -0.385. The van der Waals surface area contributed by atoms with Crippen molar-refractivity contribution in [3.63, 3.8) is 0 Å². The van der Waals surface area contributed by atoms with E-state index in [2.05, 4.69) is 0 Å². The van der Waals surface area contributed by atoms with Crippen LogP contribution >= 0.6 is 0 Å². The van der Waals surface area contributed by atoms with Crippen molar-refractivity contribution in [3.8, 4) is 0 Å². The molecule has 0 saturated carbocycles. The smallest absolute Gasteiger partial charge is 0.258 e. The summed E-state index contributed by atoms with van der Waals surface area (Å²) in [5, 5.41) is 10.9. The number of hydrogen-bond acceptors (Lipinski definition) is 3. The summed E-state index contributed by atoms with van der Waals surface area (Å²) in [4.78, 5) is 21.5. The Hall–Kier alpha value is -2.71. The van der Waals surface area contributed by atoms with E-state index in [-0.39, 0.29) is 16.8 Å². The van der Waals surface area contributed by atoms with Gasteiger partial charge in [0.05, 0.1) is 16.1 Å². The van der Waals surface area contributed by atoms with Gasteiger partial charge in [-0.25, -0.2) is 4.79 Å². The van der Waals surface area contributed by atoms with E-state index in [1.54, 1.807) is 48.4 Å². The van der Waals surface area contributed by atoms with E-state index in [1.807, 2.05) is 6.07 Å². The standard InChI is InChI=1S/C14H9NO3/c16-10-13(11-6-2-1-3-7-11)12-8-4-5-9-14(12)15(17)18/h1-9H. The van der Waals surface area contributed by atoms with Crippen molar-refractivity contribution in [1.29, 1.82) is 0 Å². The Morgan fingerprint density at radius 2 is 1.61 bits per heavy atom. The fourth-order valence-corrected chi connectivity index (χ4v) is 1.72. The first-order chi connectivity index (χ1) is 8.74. The second-order valence-electron chi connectivity index (χ2n) is 3.62. The van der Waals surface area contributed by atoms with Crippen LogP contribution in [0.5, 0.6) is 0 Å². The number of nitrogens with zero attached hydrogens (tertiary/aromatic N) is 1. The van der Waals surface area contributed by atoms with Gasteiger partial charge in [0.15, 0.2) is 0 Å². The molecule has 88 valence electrons. The molecule has 0 amide bonds. The molecule has 2 rings (SSSR count). The molecule has 0 heterocycles. The molecule has 0 N–H and O–H groups in total. The second-order valence-corrected chi connectivity index (χ2v) is 3.62. The topological polar surface area (TPSA) is 60.2 Å². The van der Waals surface area contributed by atoms with E-state index >= 15 is 0 Å². The van der Waals surface area contributed by atoms with Gasteiger partial charge in [-0.15, -0.1) is 0 Å². The van der Waals surface area contributed by atoms with Gasteiger partial charge < -0.3 is 0 Å². The Labute approximate surface area is 103 Å². The zero-order valence-corrected chi connectivity index (χ0v) is 9.37. The predicted molar refractivity (Wildman–Crippen MR) is 67.7 cm³/mol. The molecule has 0 saturated heterocycles. The number of benzene rings is 2. The first-order valence-corrected chi connectivity index (χ1v) is 5.28. The minimum atomic E-state index is -0.504. The normalized spacial score (nSPS) is 9.56. The number of carbonyl (C=O) groups excluding carboxylic acids is 1. The monoisotopic (exact) mass is 239 g/mol. The Kier molecular flexibility index (Phi) is 3.32. The van der Waals surface area contributed by atoms with Crippen LogP contribution in [0.15, 0.2) is 54.6 Å². The molecular weight excluding hydrogens is 230 g/mol. The largest absolute Gasteiger partial charge is 0.277 e. The third-order valence-electron chi connectivity index (χ3n) is 2.53. The van der Waals surface area contributed by atoms with Crippen molar-refractivity contribution in [1.82, 2.24) is 0 Å². The van der Waals surface area contributed by atoms with E-state index in [9.17, 15) is 14.9 Å². The lowest BCUT2D eigenvalue weighted by atomic mass is 9.98. The van der Waals surface area contributed by atoms with Crippen molar-refractivity contribution < 1.29 is 9.72 Å². The summed E-state index contributed by atoms with van der Waals surface area (Å²) >= 11 is 0. The molecule has 0 aliphatic rings. The molecule has 18 heavy (non-hydrogen) atoms. The highest BCUT2D eigenvalue weighted by Crippen LogP contribution is 2.28. The van der Waals surface area contributed by atoms with E-state index in [0.29, 0.717) is 5.56 Å². The predicted octanol–water partition coefficient (Wildman–Crippen LogP) is 2.86. The van der Waals surface area contributed by atoms with Crippen LogP contribution in [0.4, 0.5) is 5.69 Å². The molecule has 0 spiro atoms. The molecule has 4 heteroatoms. The molecular formula is C14H9NO3. The third-order valence-corrected chi connectivity index (χ3v) is 2.53. The SMILES string of the molecule is O=C=C(c1ccccc1)c1ccccc1[N+](=O)[O-]. The molecule has 0 radical (unpaired) electrons. The molecule has 0 aliphatic heterocycles. The van der Waals surface area contributed by atoms with Crippen molar-refractivity contribution in [2.24, 2.45) is 0 Å². The van der Waals surface area contributed by atoms with Crippen molar-refractivity contribution >= 4 is 17.2 Å². The number of hydrogen-bond donors (Lipinski definition) is 0. The van der Waals surface area contributed by atoms with Gasteiger partial charge in [-0.2, -0.15) is 0 Å². The molecule has 0 aliphatic carbocycles. The van der Waals surface area contributed by atoms with Gasteiger partial charge in [0, 0.05) is 6.07 Å². The summed E-state index contributed by atoms with van der Waals surface area (Å²) in [7, 11) is 0. The minimum Gasteiger partial charge on any atom is -0.258 e. The number of para-hydroxylation sites is 1. The molecule has 4 nitrogen and oxygen atoms in total. The Morgan fingerprint density at radius 1 is 1.00 bits per heavy atom.